The van der Waals surface area contributed by atoms with E-state index in [2.05, 4.69) is 0 Å². The number of rotatable bonds is 2. The number of halogens is 7. The number of hydrogen-bond acceptors (Lipinski definition) is 0. The molecular formula is C6H5F7. The third-order valence-electron chi connectivity index (χ3n) is 1.15. The van der Waals surface area contributed by atoms with Crippen LogP contribution in [0.3, 0.4) is 0 Å². The van der Waals surface area contributed by atoms with Gasteiger partial charge in [0.2, 0.25) is 0 Å². The zero-order valence-electron chi connectivity index (χ0n) is 6.30. The van der Waals surface area contributed by atoms with Gasteiger partial charge in [0.1, 0.15) is 0 Å². The summed E-state index contributed by atoms with van der Waals surface area (Å²) in [4.78, 5) is 0. The lowest BCUT2D eigenvalue weighted by molar-refractivity contribution is -0.341. The molecular weight excluding hydrogens is 205 g/mol. The second-order valence-electron chi connectivity index (χ2n) is 2.20. The maximum Gasteiger partial charge on any atom is 0.460 e. The second kappa shape index (κ2) is 3.19. The van der Waals surface area contributed by atoms with Crippen LogP contribution in [0.2, 0.25) is 0 Å². The van der Waals surface area contributed by atoms with Crippen LogP contribution in [0.5, 0.6) is 0 Å². The lowest BCUT2D eigenvalue weighted by atomic mass is 10.1. The highest BCUT2D eigenvalue weighted by molar-refractivity contribution is 5.04. The van der Waals surface area contributed by atoms with Crippen molar-refractivity contribution in [3.8, 4) is 0 Å². The van der Waals surface area contributed by atoms with Gasteiger partial charge in [0.15, 0.2) is 0 Å². The molecule has 0 unspecified atom stereocenters. The minimum Gasteiger partial charge on any atom is -0.195 e. The summed E-state index contributed by atoms with van der Waals surface area (Å²) in [7, 11) is 0. The van der Waals surface area contributed by atoms with Gasteiger partial charge in [-0.1, -0.05) is 6.08 Å². The number of allylic oxidation sites excluding steroid dienone is 2. The molecule has 0 aromatic carbocycles. The SMILES string of the molecule is C/C=C\C(F)(F)C(F)(F)C(F)(F)F. The highest BCUT2D eigenvalue weighted by Gasteiger charge is 2.71. The Kier molecular flexibility index (Phi) is 3.01. The van der Waals surface area contributed by atoms with Gasteiger partial charge in [-0.15, -0.1) is 0 Å². The monoisotopic (exact) mass is 210 g/mol. The maximum absolute atomic E-state index is 12.1. The van der Waals surface area contributed by atoms with Crippen LogP contribution < -0.4 is 0 Å². The first-order chi connectivity index (χ1) is 5.56. The predicted molar refractivity (Wildman–Crippen MR) is 30.8 cm³/mol. The summed E-state index contributed by atoms with van der Waals surface area (Å²) >= 11 is 0. The second-order valence-corrected chi connectivity index (χ2v) is 2.20. The van der Waals surface area contributed by atoms with Crippen molar-refractivity contribution in [2.45, 2.75) is 24.9 Å². The van der Waals surface area contributed by atoms with Gasteiger partial charge in [-0.25, -0.2) is 0 Å². The third kappa shape index (κ3) is 2.13. The van der Waals surface area contributed by atoms with Gasteiger partial charge in [-0.05, 0) is 13.0 Å². The first kappa shape index (κ1) is 12.2. The van der Waals surface area contributed by atoms with E-state index in [-0.39, 0.29) is 0 Å². The molecule has 0 rings (SSSR count). The lowest BCUT2D eigenvalue weighted by Gasteiger charge is -2.25. The molecule has 0 aliphatic heterocycles. The summed E-state index contributed by atoms with van der Waals surface area (Å²) in [5.74, 6) is -11.2. The van der Waals surface area contributed by atoms with Crippen LogP contribution in [0.4, 0.5) is 30.7 Å². The van der Waals surface area contributed by atoms with Gasteiger partial charge >= 0.3 is 18.0 Å². The molecule has 0 amide bonds. The van der Waals surface area contributed by atoms with E-state index in [0.29, 0.717) is 6.08 Å². The van der Waals surface area contributed by atoms with Crippen molar-refractivity contribution >= 4 is 0 Å². The van der Waals surface area contributed by atoms with Crippen molar-refractivity contribution in [2.24, 2.45) is 0 Å². The molecule has 0 heterocycles. The molecule has 0 atom stereocenters. The van der Waals surface area contributed by atoms with Gasteiger partial charge in [0.05, 0.1) is 0 Å². The molecule has 0 spiro atoms. The zero-order valence-corrected chi connectivity index (χ0v) is 6.30. The average Bonchev–Trinajstić information content (AvgIpc) is 1.84. The first-order valence-corrected chi connectivity index (χ1v) is 3.02. The molecule has 0 saturated carbocycles. The summed E-state index contributed by atoms with van der Waals surface area (Å²) in [6.07, 6.45) is -6.31. The number of alkyl halides is 7. The van der Waals surface area contributed by atoms with Crippen LogP contribution in [0.1, 0.15) is 6.92 Å². The normalized spacial score (nSPS) is 15.4. The molecule has 13 heavy (non-hydrogen) atoms. The van der Waals surface area contributed by atoms with E-state index in [0.717, 1.165) is 6.92 Å². The Labute approximate surface area is 69.0 Å². The summed E-state index contributed by atoms with van der Waals surface area (Å²) in [5.41, 5.74) is 0. The Morgan fingerprint density at radius 3 is 1.46 bits per heavy atom. The lowest BCUT2D eigenvalue weighted by Crippen LogP contribution is -2.50. The van der Waals surface area contributed by atoms with Crippen LogP contribution in [-0.4, -0.2) is 18.0 Å². The van der Waals surface area contributed by atoms with Gasteiger partial charge in [0.25, 0.3) is 0 Å². The highest BCUT2D eigenvalue weighted by Crippen LogP contribution is 2.46. The predicted octanol–water partition coefficient (Wildman–Crippen LogP) is 3.40. The highest BCUT2D eigenvalue weighted by atomic mass is 19.4. The molecule has 0 bridgehead atoms. The molecule has 78 valence electrons. The van der Waals surface area contributed by atoms with Crippen LogP contribution in [0.25, 0.3) is 0 Å². The van der Waals surface area contributed by atoms with Crippen LogP contribution >= 0.6 is 0 Å². The zero-order chi connectivity index (χ0) is 10.9. The average molecular weight is 210 g/mol. The molecule has 0 aromatic rings. The topological polar surface area (TPSA) is 0 Å². The summed E-state index contributed by atoms with van der Waals surface area (Å²) < 4.78 is 82.4. The Balaban J connectivity index is 5.03. The van der Waals surface area contributed by atoms with E-state index in [4.69, 9.17) is 0 Å². The Hall–Kier alpha value is -0.750. The van der Waals surface area contributed by atoms with Crippen LogP contribution in [0, 0.1) is 0 Å². The van der Waals surface area contributed by atoms with Crippen molar-refractivity contribution in [3.63, 3.8) is 0 Å². The van der Waals surface area contributed by atoms with E-state index in [1.807, 2.05) is 0 Å². The Bertz CT molecular complexity index is 200. The van der Waals surface area contributed by atoms with Crippen molar-refractivity contribution in [3.05, 3.63) is 12.2 Å². The fourth-order valence-corrected chi connectivity index (χ4v) is 0.503. The van der Waals surface area contributed by atoms with Crippen LogP contribution in [-0.2, 0) is 0 Å². The molecule has 7 heteroatoms. The third-order valence-corrected chi connectivity index (χ3v) is 1.15. The van der Waals surface area contributed by atoms with Crippen molar-refractivity contribution < 1.29 is 30.7 Å². The number of hydrogen-bond donors (Lipinski definition) is 0. The Morgan fingerprint density at radius 2 is 1.23 bits per heavy atom. The summed E-state index contributed by atoms with van der Waals surface area (Å²) in [6.45, 7) is 0.917. The van der Waals surface area contributed by atoms with E-state index in [1.54, 1.807) is 0 Å². The Morgan fingerprint density at radius 1 is 0.846 bits per heavy atom. The van der Waals surface area contributed by atoms with Crippen molar-refractivity contribution in [1.82, 2.24) is 0 Å². The summed E-state index contributed by atoms with van der Waals surface area (Å²) in [5, 5.41) is 0. The van der Waals surface area contributed by atoms with Gasteiger partial charge < -0.3 is 0 Å². The van der Waals surface area contributed by atoms with Crippen molar-refractivity contribution in [1.29, 1.82) is 0 Å². The summed E-state index contributed by atoms with van der Waals surface area (Å²) in [6, 6.07) is 0. The maximum atomic E-state index is 12.1. The molecule has 0 aromatic heterocycles. The standard InChI is InChI=1S/C6H5F7/c1-2-3-4(7,8)5(9,10)6(11,12)13/h2-3H,1H3/b3-2-. The van der Waals surface area contributed by atoms with Crippen LogP contribution in [0.15, 0.2) is 12.2 Å². The molecule has 0 radical (unpaired) electrons. The quantitative estimate of drug-likeness (QED) is 0.484. The fourth-order valence-electron chi connectivity index (χ4n) is 0.503. The minimum atomic E-state index is -6.25. The first-order valence-electron chi connectivity index (χ1n) is 3.02. The molecule has 0 aliphatic carbocycles. The molecule has 0 nitrogen and oxygen atoms in total. The van der Waals surface area contributed by atoms with E-state index < -0.39 is 24.1 Å². The molecule has 0 saturated heterocycles. The van der Waals surface area contributed by atoms with Gasteiger partial charge in [0, 0.05) is 0 Å². The largest absolute Gasteiger partial charge is 0.460 e. The van der Waals surface area contributed by atoms with Gasteiger partial charge in [-0.3, -0.25) is 0 Å². The van der Waals surface area contributed by atoms with Gasteiger partial charge in [-0.2, -0.15) is 30.7 Å². The minimum absolute atomic E-state index is 0.430. The smallest absolute Gasteiger partial charge is 0.195 e. The molecule has 0 N–H and O–H groups in total. The fraction of sp³-hybridized carbons (Fsp3) is 0.667. The van der Waals surface area contributed by atoms with E-state index in [9.17, 15) is 30.7 Å². The molecule has 0 fully saturated rings. The van der Waals surface area contributed by atoms with Crippen molar-refractivity contribution in [2.75, 3.05) is 0 Å². The van der Waals surface area contributed by atoms with E-state index >= 15 is 0 Å². The van der Waals surface area contributed by atoms with E-state index in [1.165, 1.54) is 0 Å². The molecule has 0 aliphatic rings.